The van der Waals surface area contributed by atoms with E-state index in [-0.39, 0.29) is 6.04 Å². The molecule has 2 rings (SSSR count). The molecule has 1 aromatic rings. The van der Waals surface area contributed by atoms with E-state index in [0.717, 1.165) is 13.1 Å². The van der Waals surface area contributed by atoms with Gasteiger partial charge in [-0.3, -0.25) is 4.90 Å². The summed E-state index contributed by atoms with van der Waals surface area (Å²) in [5.74, 6) is 1.01. The van der Waals surface area contributed by atoms with Gasteiger partial charge < -0.3 is 10.9 Å². The SMILES string of the molecule is CC1CCCN(C(CC(N)=NO)c2ccccc2)C1. The molecule has 4 nitrogen and oxygen atoms in total. The number of likely N-dealkylation sites (tertiary alicyclic amines) is 1. The van der Waals surface area contributed by atoms with Crippen molar-refractivity contribution in [3.05, 3.63) is 35.9 Å². The van der Waals surface area contributed by atoms with Crippen LogP contribution in [0.1, 0.15) is 37.8 Å². The van der Waals surface area contributed by atoms with Gasteiger partial charge in [0.15, 0.2) is 0 Å². The molecule has 1 aliphatic heterocycles. The average molecular weight is 261 g/mol. The highest BCUT2D eigenvalue weighted by molar-refractivity contribution is 5.80. The van der Waals surface area contributed by atoms with Crippen LogP contribution < -0.4 is 5.73 Å². The van der Waals surface area contributed by atoms with Gasteiger partial charge in [0.25, 0.3) is 0 Å². The third-order valence-electron chi connectivity index (χ3n) is 3.84. The molecule has 1 aromatic carbocycles. The van der Waals surface area contributed by atoms with Crippen molar-refractivity contribution in [2.24, 2.45) is 16.8 Å². The van der Waals surface area contributed by atoms with E-state index in [1.807, 2.05) is 18.2 Å². The Bertz CT molecular complexity index is 419. The first-order chi connectivity index (χ1) is 9.20. The Morgan fingerprint density at radius 2 is 2.21 bits per heavy atom. The monoisotopic (exact) mass is 261 g/mol. The van der Waals surface area contributed by atoms with Crippen LogP contribution >= 0.6 is 0 Å². The minimum atomic E-state index is 0.208. The van der Waals surface area contributed by atoms with Gasteiger partial charge in [-0.1, -0.05) is 42.4 Å². The molecule has 0 saturated carbocycles. The van der Waals surface area contributed by atoms with Crippen LogP contribution in [-0.4, -0.2) is 29.0 Å². The summed E-state index contributed by atoms with van der Waals surface area (Å²) in [4.78, 5) is 2.46. The maximum atomic E-state index is 8.83. The molecule has 0 spiro atoms. The van der Waals surface area contributed by atoms with Gasteiger partial charge in [0.1, 0.15) is 5.84 Å². The number of hydrogen-bond acceptors (Lipinski definition) is 3. The van der Waals surface area contributed by atoms with Crippen molar-refractivity contribution in [1.29, 1.82) is 0 Å². The third kappa shape index (κ3) is 3.70. The largest absolute Gasteiger partial charge is 0.409 e. The molecule has 1 heterocycles. The highest BCUT2D eigenvalue weighted by atomic mass is 16.4. The van der Waals surface area contributed by atoms with Gasteiger partial charge in [-0.15, -0.1) is 0 Å². The third-order valence-corrected chi connectivity index (χ3v) is 3.84. The molecule has 2 atom stereocenters. The molecule has 2 unspecified atom stereocenters. The van der Waals surface area contributed by atoms with Gasteiger partial charge in [0.2, 0.25) is 0 Å². The highest BCUT2D eigenvalue weighted by Gasteiger charge is 2.25. The predicted octanol–water partition coefficient (Wildman–Crippen LogP) is 2.60. The standard InChI is InChI=1S/C15H23N3O/c1-12-6-5-9-18(11-12)14(10-15(16)17-19)13-7-3-2-4-8-13/h2-4,7-8,12,14,19H,5-6,9-11H2,1H3,(H2,16,17). The maximum Gasteiger partial charge on any atom is 0.141 e. The van der Waals surface area contributed by atoms with E-state index in [9.17, 15) is 0 Å². The van der Waals surface area contributed by atoms with Crippen molar-refractivity contribution in [3.8, 4) is 0 Å². The molecule has 1 fully saturated rings. The van der Waals surface area contributed by atoms with E-state index in [0.29, 0.717) is 18.2 Å². The quantitative estimate of drug-likeness (QED) is 0.379. The number of amidine groups is 1. The van der Waals surface area contributed by atoms with Crippen molar-refractivity contribution in [1.82, 2.24) is 4.90 Å². The van der Waals surface area contributed by atoms with Crippen molar-refractivity contribution >= 4 is 5.84 Å². The molecule has 1 aliphatic rings. The van der Waals surface area contributed by atoms with Gasteiger partial charge in [0.05, 0.1) is 0 Å². The lowest BCUT2D eigenvalue weighted by atomic mass is 9.94. The number of piperidine rings is 1. The minimum absolute atomic E-state index is 0.208. The molecule has 0 bridgehead atoms. The summed E-state index contributed by atoms with van der Waals surface area (Å²) < 4.78 is 0. The van der Waals surface area contributed by atoms with Crippen LogP contribution in [0.5, 0.6) is 0 Å². The Hall–Kier alpha value is -1.55. The molecular formula is C15H23N3O. The maximum absolute atomic E-state index is 8.83. The van der Waals surface area contributed by atoms with Crippen molar-refractivity contribution in [2.45, 2.75) is 32.2 Å². The van der Waals surface area contributed by atoms with Crippen LogP contribution in [0.4, 0.5) is 0 Å². The molecule has 0 aliphatic carbocycles. The zero-order valence-corrected chi connectivity index (χ0v) is 11.5. The molecule has 1 saturated heterocycles. The fraction of sp³-hybridized carbons (Fsp3) is 0.533. The number of benzene rings is 1. The number of rotatable bonds is 4. The van der Waals surface area contributed by atoms with E-state index in [4.69, 9.17) is 10.9 Å². The molecule has 19 heavy (non-hydrogen) atoms. The summed E-state index contributed by atoms with van der Waals surface area (Å²) >= 11 is 0. The summed E-state index contributed by atoms with van der Waals surface area (Å²) in [6.07, 6.45) is 3.09. The smallest absolute Gasteiger partial charge is 0.141 e. The molecule has 0 aromatic heterocycles. The van der Waals surface area contributed by atoms with Gasteiger partial charge in [-0.2, -0.15) is 0 Å². The first-order valence-corrected chi connectivity index (χ1v) is 6.96. The Labute approximate surface area is 114 Å². The number of oxime groups is 1. The van der Waals surface area contributed by atoms with Crippen molar-refractivity contribution in [2.75, 3.05) is 13.1 Å². The first kappa shape index (κ1) is 13.9. The number of nitrogens with two attached hydrogens (primary N) is 1. The molecule has 0 amide bonds. The van der Waals surface area contributed by atoms with E-state index in [1.54, 1.807) is 0 Å². The molecule has 3 N–H and O–H groups in total. The summed E-state index contributed by atoms with van der Waals surface area (Å²) in [7, 11) is 0. The van der Waals surface area contributed by atoms with Gasteiger partial charge in [-0.25, -0.2) is 0 Å². The second-order valence-corrected chi connectivity index (χ2v) is 5.46. The molecular weight excluding hydrogens is 238 g/mol. The van der Waals surface area contributed by atoms with Gasteiger partial charge in [0, 0.05) is 19.0 Å². The Balaban J connectivity index is 2.18. The van der Waals surface area contributed by atoms with Crippen molar-refractivity contribution < 1.29 is 5.21 Å². The predicted molar refractivity (Wildman–Crippen MR) is 77.2 cm³/mol. The average Bonchev–Trinajstić information content (AvgIpc) is 2.45. The lowest BCUT2D eigenvalue weighted by Crippen LogP contribution is -2.39. The van der Waals surface area contributed by atoms with Crippen LogP contribution in [0.25, 0.3) is 0 Å². The lowest BCUT2D eigenvalue weighted by Gasteiger charge is -2.37. The van der Waals surface area contributed by atoms with E-state index >= 15 is 0 Å². The Morgan fingerprint density at radius 3 is 2.84 bits per heavy atom. The Kier molecular flexibility index (Phi) is 4.80. The normalized spacial score (nSPS) is 23.2. The minimum Gasteiger partial charge on any atom is -0.409 e. The fourth-order valence-corrected chi connectivity index (χ4v) is 2.88. The van der Waals surface area contributed by atoms with Crippen molar-refractivity contribution in [3.63, 3.8) is 0 Å². The molecule has 4 heteroatoms. The van der Waals surface area contributed by atoms with Crippen LogP contribution in [0.3, 0.4) is 0 Å². The van der Waals surface area contributed by atoms with Gasteiger partial charge in [-0.05, 0) is 30.9 Å². The lowest BCUT2D eigenvalue weighted by molar-refractivity contribution is 0.132. The van der Waals surface area contributed by atoms with Crippen LogP contribution in [0.15, 0.2) is 35.5 Å². The number of nitrogens with zero attached hydrogens (tertiary/aromatic N) is 2. The topological polar surface area (TPSA) is 61.8 Å². The first-order valence-electron chi connectivity index (χ1n) is 6.96. The second-order valence-electron chi connectivity index (χ2n) is 5.46. The summed E-state index contributed by atoms with van der Waals surface area (Å²) in [6, 6.07) is 10.6. The van der Waals surface area contributed by atoms with Crippen LogP contribution in [-0.2, 0) is 0 Å². The fourth-order valence-electron chi connectivity index (χ4n) is 2.88. The molecule has 0 radical (unpaired) electrons. The summed E-state index contributed by atoms with van der Waals surface area (Å²) in [5.41, 5.74) is 6.96. The van der Waals surface area contributed by atoms with Crippen LogP contribution in [0, 0.1) is 5.92 Å². The van der Waals surface area contributed by atoms with E-state index < -0.39 is 0 Å². The molecule has 104 valence electrons. The van der Waals surface area contributed by atoms with E-state index in [2.05, 4.69) is 29.1 Å². The summed E-state index contributed by atoms with van der Waals surface area (Å²) in [5, 5.41) is 12.0. The van der Waals surface area contributed by atoms with Gasteiger partial charge >= 0.3 is 0 Å². The zero-order chi connectivity index (χ0) is 13.7. The summed E-state index contributed by atoms with van der Waals surface area (Å²) in [6.45, 7) is 4.46. The second kappa shape index (κ2) is 6.57. The number of hydrogen-bond donors (Lipinski definition) is 2. The highest BCUT2D eigenvalue weighted by Crippen LogP contribution is 2.29. The zero-order valence-electron chi connectivity index (χ0n) is 11.5. The van der Waals surface area contributed by atoms with Crippen LogP contribution in [0.2, 0.25) is 0 Å². The Morgan fingerprint density at radius 1 is 1.47 bits per heavy atom. The van der Waals surface area contributed by atoms with E-state index in [1.165, 1.54) is 18.4 Å².